The zero-order chi connectivity index (χ0) is 19.3. The van der Waals surface area contributed by atoms with E-state index in [-0.39, 0.29) is 28.2 Å². The van der Waals surface area contributed by atoms with Gasteiger partial charge in [0.15, 0.2) is 0 Å². The summed E-state index contributed by atoms with van der Waals surface area (Å²) in [6, 6.07) is 3.10. The third-order valence-corrected chi connectivity index (χ3v) is 4.51. The summed E-state index contributed by atoms with van der Waals surface area (Å²) in [5, 5.41) is 2.93. The molecule has 0 spiro atoms. The number of nitrogens with zero attached hydrogens (tertiary/aromatic N) is 1. The Labute approximate surface area is 155 Å². The van der Waals surface area contributed by atoms with E-state index >= 15 is 0 Å². The first-order valence-corrected chi connectivity index (χ1v) is 8.89. The first kappa shape index (κ1) is 19.6. The maximum absolute atomic E-state index is 12.4. The molecule has 0 saturated heterocycles. The van der Waals surface area contributed by atoms with Crippen LogP contribution in [0.25, 0.3) is 0 Å². The van der Waals surface area contributed by atoms with Gasteiger partial charge >= 0.3 is 11.9 Å². The van der Waals surface area contributed by atoms with Gasteiger partial charge in [0.25, 0.3) is 5.91 Å². The van der Waals surface area contributed by atoms with Crippen molar-refractivity contribution in [2.75, 3.05) is 11.9 Å². The summed E-state index contributed by atoms with van der Waals surface area (Å²) in [6.07, 6.45) is 2.68. The van der Waals surface area contributed by atoms with Crippen LogP contribution in [0.1, 0.15) is 56.7 Å². The number of rotatable bonds is 6. The van der Waals surface area contributed by atoms with Gasteiger partial charge in [-0.3, -0.25) is 9.78 Å². The number of amides is 1. The van der Waals surface area contributed by atoms with Gasteiger partial charge in [0.1, 0.15) is 9.88 Å². The van der Waals surface area contributed by atoms with Crippen molar-refractivity contribution in [3.8, 4) is 0 Å². The third kappa shape index (κ3) is 4.45. The summed E-state index contributed by atoms with van der Waals surface area (Å²) in [6.45, 7) is 6.96. The first-order valence-electron chi connectivity index (χ1n) is 8.08. The molecule has 0 aliphatic heterocycles. The number of esters is 2. The minimum absolute atomic E-state index is 0.162. The van der Waals surface area contributed by atoms with Gasteiger partial charge < -0.3 is 14.8 Å². The lowest BCUT2D eigenvalue weighted by Gasteiger charge is -2.07. The highest BCUT2D eigenvalue weighted by Crippen LogP contribution is 2.34. The molecule has 1 N–H and O–H groups in total. The highest BCUT2D eigenvalue weighted by atomic mass is 32.1. The van der Waals surface area contributed by atoms with Crippen LogP contribution in [0.2, 0.25) is 0 Å². The molecule has 0 unspecified atom stereocenters. The average Bonchev–Trinajstić information content (AvgIpc) is 2.91. The molecule has 2 aromatic rings. The number of carbonyl (C=O) groups excluding carboxylic acids is 3. The van der Waals surface area contributed by atoms with E-state index in [1.807, 2.05) is 0 Å². The average molecular weight is 376 g/mol. The summed E-state index contributed by atoms with van der Waals surface area (Å²) < 4.78 is 10.3. The molecule has 7 nitrogen and oxygen atoms in total. The summed E-state index contributed by atoms with van der Waals surface area (Å²) >= 11 is 0.990. The molecule has 0 bridgehead atoms. The van der Waals surface area contributed by atoms with Crippen LogP contribution in [0.4, 0.5) is 5.00 Å². The summed E-state index contributed by atoms with van der Waals surface area (Å²) in [4.78, 5) is 41.2. The number of anilines is 1. The fourth-order valence-corrected chi connectivity index (χ4v) is 3.26. The van der Waals surface area contributed by atoms with Gasteiger partial charge in [-0.25, -0.2) is 9.59 Å². The van der Waals surface area contributed by atoms with E-state index in [0.29, 0.717) is 11.1 Å². The number of nitrogens with one attached hydrogen (secondary N) is 1. The van der Waals surface area contributed by atoms with Crippen LogP contribution in [0, 0.1) is 6.92 Å². The van der Waals surface area contributed by atoms with E-state index < -0.39 is 17.8 Å². The Morgan fingerprint density at radius 3 is 2.42 bits per heavy atom. The van der Waals surface area contributed by atoms with E-state index in [1.165, 1.54) is 12.4 Å². The smallest absolute Gasteiger partial charge is 0.348 e. The molecule has 1 amide bonds. The molecule has 0 aliphatic carbocycles. The Morgan fingerprint density at radius 2 is 1.85 bits per heavy atom. The van der Waals surface area contributed by atoms with Crippen molar-refractivity contribution < 1.29 is 23.9 Å². The summed E-state index contributed by atoms with van der Waals surface area (Å²) in [5.74, 6) is -1.56. The number of hydrogen-bond acceptors (Lipinski definition) is 7. The van der Waals surface area contributed by atoms with Crippen molar-refractivity contribution in [1.82, 2.24) is 4.98 Å². The maximum atomic E-state index is 12.4. The summed E-state index contributed by atoms with van der Waals surface area (Å²) in [5.41, 5.74) is 0.964. The van der Waals surface area contributed by atoms with Crippen molar-refractivity contribution in [2.24, 2.45) is 0 Å². The lowest BCUT2D eigenvalue weighted by atomic mass is 10.1. The van der Waals surface area contributed by atoms with Crippen LogP contribution in [-0.4, -0.2) is 35.5 Å². The van der Waals surface area contributed by atoms with Crippen LogP contribution in [0.3, 0.4) is 0 Å². The lowest BCUT2D eigenvalue weighted by Crippen LogP contribution is -2.15. The molecule has 0 atom stereocenters. The first-order chi connectivity index (χ1) is 12.3. The van der Waals surface area contributed by atoms with E-state index in [2.05, 4.69) is 10.3 Å². The molecule has 0 saturated carbocycles. The molecule has 8 heteroatoms. The standard InChI is InChI=1S/C18H20N2O5S/c1-5-24-17(22)13-11(4)14(18(23)25-10(2)3)26-16(13)20-15(21)12-6-8-19-9-7-12/h6-10H,5H2,1-4H3,(H,20,21). The van der Waals surface area contributed by atoms with E-state index in [1.54, 1.807) is 39.8 Å². The van der Waals surface area contributed by atoms with E-state index in [0.717, 1.165) is 11.3 Å². The topological polar surface area (TPSA) is 94.6 Å². The van der Waals surface area contributed by atoms with Crippen molar-refractivity contribution in [3.05, 3.63) is 46.1 Å². The van der Waals surface area contributed by atoms with Gasteiger partial charge in [-0.1, -0.05) is 0 Å². The molecular weight excluding hydrogens is 356 g/mol. The van der Waals surface area contributed by atoms with Crippen molar-refractivity contribution >= 4 is 34.2 Å². The van der Waals surface area contributed by atoms with Crippen LogP contribution in [-0.2, 0) is 9.47 Å². The Balaban J connectivity index is 2.41. The minimum atomic E-state index is -0.602. The second-order valence-corrected chi connectivity index (χ2v) is 6.65. The highest BCUT2D eigenvalue weighted by molar-refractivity contribution is 7.18. The van der Waals surface area contributed by atoms with Crippen molar-refractivity contribution in [3.63, 3.8) is 0 Å². The Bertz CT molecular complexity index is 814. The Morgan fingerprint density at radius 1 is 1.19 bits per heavy atom. The third-order valence-electron chi connectivity index (χ3n) is 3.32. The Hall–Kier alpha value is -2.74. The SMILES string of the molecule is CCOC(=O)c1c(NC(=O)c2ccncc2)sc(C(=O)OC(C)C)c1C. The zero-order valence-corrected chi connectivity index (χ0v) is 15.8. The molecular formula is C18H20N2O5S. The van der Waals surface area contributed by atoms with E-state index in [4.69, 9.17) is 9.47 Å². The molecule has 138 valence electrons. The van der Waals surface area contributed by atoms with Gasteiger partial charge in [0.05, 0.1) is 18.3 Å². The molecule has 2 heterocycles. The predicted molar refractivity (Wildman–Crippen MR) is 97.8 cm³/mol. The second-order valence-electron chi connectivity index (χ2n) is 5.62. The van der Waals surface area contributed by atoms with E-state index in [9.17, 15) is 14.4 Å². The largest absolute Gasteiger partial charge is 0.462 e. The monoisotopic (exact) mass is 376 g/mol. The molecule has 2 aromatic heterocycles. The van der Waals surface area contributed by atoms with Crippen molar-refractivity contribution in [1.29, 1.82) is 0 Å². The Kier molecular flexibility index (Phi) is 6.46. The molecule has 0 aliphatic rings. The van der Waals surface area contributed by atoms with Crippen molar-refractivity contribution in [2.45, 2.75) is 33.8 Å². The second kappa shape index (κ2) is 8.57. The van der Waals surface area contributed by atoms with Crippen LogP contribution in [0.5, 0.6) is 0 Å². The number of aromatic nitrogens is 1. The molecule has 0 fully saturated rings. The van der Waals surface area contributed by atoms with Crippen LogP contribution >= 0.6 is 11.3 Å². The number of hydrogen-bond donors (Lipinski definition) is 1. The minimum Gasteiger partial charge on any atom is -0.462 e. The fraction of sp³-hybridized carbons (Fsp3) is 0.333. The van der Waals surface area contributed by atoms with Gasteiger partial charge in [0.2, 0.25) is 0 Å². The highest BCUT2D eigenvalue weighted by Gasteiger charge is 2.27. The van der Waals surface area contributed by atoms with Gasteiger partial charge in [-0.15, -0.1) is 11.3 Å². The van der Waals surface area contributed by atoms with Crippen LogP contribution < -0.4 is 5.32 Å². The fourth-order valence-electron chi connectivity index (χ4n) is 2.19. The summed E-state index contributed by atoms with van der Waals surface area (Å²) in [7, 11) is 0. The van der Waals surface area contributed by atoms with Crippen LogP contribution in [0.15, 0.2) is 24.5 Å². The molecule has 0 radical (unpaired) electrons. The van der Waals surface area contributed by atoms with Gasteiger partial charge in [-0.2, -0.15) is 0 Å². The molecule has 2 rings (SSSR count). The quantitative estimate of drug-likeness (QED) is 0.776. The molecule has 26 heavy (non-hydrogen) atoms. The van der Waals surface area contributed by atoms with Gasteiger partial charge in [-0.05, 0) is 45.4 Å². The van der Waals surface area contributed by atoms with Gasteiger partial charge in [0, 0.05) is 18.0 Å². The lowest BCUT2D eigenvalue weighted by molar-refractivity contribution is 0.0383. The molecule has 0 aromatic carbocycles. The number of thiophene rings is 1. The predicted octanol–water partition coefficient (Wildman–Crippen LogP) is 3.45. The number of ether oxygens (including phenoxy) is 2. The zero-order valence-electron chi connectivity index (χ0n) is 15.0. The maximum Gasteiger partial charge on any atom is 0.348 e. The number of carbonyl (C=O) groups is 3. The number of pyridine rings is 1. The normalized spacial score (nSPS) is 10.5.